The molecule has 1 aromatic rings. The number of aliphatic hydroxyl groups is 1. The number of hydrogen-bond acceptors (Lipinski definition) is 7. The third-order valence-corrected chi connectivity index (χ3v) is 4.74. The number of aromatic nitrogens is 1. The first-order valence-electron chi connectivity index (χ1n) is 6.14. The summed E-state index contributed by atoms with van der Waals surface area (Å²) in [5.41, 5.74) is 0.392. The highest BCUT2D eigenvalue weighted by molar-refractivity contribution is 7.10. The van der Waals surface area contributed by atoms with Crippen molar-refractivity contribution in [2.45, 2.75) is 18.9 Å². The molecule has 0 amide bonds. The second-order valence-electron chi connectivity index (χ2n) is 4.56. The van der Waals surface area contributed by atoms with Crippen LogP contribution in [0.15, 0.2) is 0 Å². The number of esters is 1. The molecule has 1 N–H and O–H groups in total. The van der Waals surface area contributed by atoms with Crippen LogP contribution < -0.4 is 4.90 Å². The van der Waals surface area contributed by atoms with Crippen LogP contribution in [-0.4, -0.2) is 41.8 Å². The van der Waals surface area contributed by atoms with Crippen molar-refractivity contribution < 1.29 is 14.6 Å². The summed E-state index contributed by atoms with van der Waals surface area (Å²) in [4.78, 5) is 13.3. The number of carbonyl (C=O) groups is 1. The Morgan fingerprint density at radius 1 is 1.65 bits per heavy atom. The molecule has 20 heavy (non-hydrogen) atoms. The summed E-state index contributed by atoms with van der Waals surface area (Å²) in [6.45, 7) is 1.29. The summed E-state index contributed by atoms with van der Waals surface area (Å²) in [6.07, 6.45) is 0.218. The minimum Gasteiger partial charge on any atom is -0.467 e. The Kier molecular flexibility index (Phi) is 4.81. The summed E-state index contributed by atoms with van der Waals surface area (Å²) in [6, 6.07) is 2.05. The summed E-state index contributed by atoms with van der Waals surface area (Å²) in [5, 5.41) is 19.9. The lowest BCUT2D eigenvalue weighted by atomic mass is 9.91. The van der Waals surface area contributed by atoms with Crippen LogP contribution in [0.4, 0.5) is 5.00 Å². The molecule has 1 saturated heterocycles. The Morgan fingerprint density at radius 3 is 2.85 bits per heavy atom. The number of methoxy groups -OCH3 is 1. The van der Waals surface area contributed by atoms with Crippen LogP contribution in [0.5, 0.6) is 0 Å². The molecule has 1 aliphatic heterocycles. The van der Waals surface area contributed by atoms with E-state index in [0.29, 0.717) is 31.5 Å². The number of halogens is 1. The molecule has 1 fully saturated rings. The van der Waals surface area contributed by atoms with Crippen molar-refractivity contribution in [3.63, 3.8) is 0 Å². The van der Waals surface area contributed by atoms with Gasteiger partial charge in [0.05, 0.1) is 7.11 Å². The minimum atomic E-state index is -1.08. The van der Waals surface area contributed by atoms with E-state index in [-0.39, 0.29) is 11.1 Å². The Balaban J connectivity index is 2.01. The third kappa shape index (κ3) is 2.87. The lowest BCUT2D eigenvalue weighted by Gasteiger charge is -2.33. The van der Waals surface area contributed by atoms with Gasteiger partial charge in [-0.2, -0.15) is 9.64 Å². The molecule has 6 nitrogen and oxygen atoms in total. The number of nitriles is 1. The van der Waals surface area contributed by atoms with Gasteiger partial charge in [-0.3, -0.25) is 0 Å². The Morgan fingerprint density at radius 2 is 2.30 bits per heavy atom. The van der Waals surface area contributed by atoms with Crippen molar-refractivity contribution in [2.24, 2.45) is 5.92 Å². The van der Waals surface area contributed by atoms with Gasteiger partial charge in [0, 0.05) is 13.1 Å². The first-order chi connectivity index (χ1) is 9.58. The molecule has 1 aliphatic rings. The standard InChI is InChI=1S/C12H14ClN3O3S/c1-19-12(18)9(17)7-2-4-16(5-3-7)11-8(6-14)10(13)15-20-11/h7,9,17H,2-5H2,1H3. The smallest absolute Gasteiger partial charge is 0.334 e. The molecular weight excluding hydrogens is 302 g/mol. The van der Waals surface area contributed by atoms with Crippen molar-refractivity contribution in [3.8, 4) is 6.07 Å². The van der Waals surface area contributed by atoms with Crippen LogP contribution in [0.2, 0.25) is 5.15 Å². The summed E-state index contributed by atoms with van der Waals surface area (Å²) < 4.78 is 8.52. The van der Waals surface area contributed by atoms with Crippen LogP contribution in [-0.2, 0) is 9.53 Å². The monoisotopic (exact) mass is 315 g/mol. The molecule has 0 spiro atoms. The summed E-state index contributed by atoms with van der Waals surface area (Å²) in [5.74, 6) is -0.713. The highest BCUT2D eigenvalue weighted by Gasteiger charge is 2.31. The zero-order chi connectivity index (χ0) is 14.7. The van der Waals surface area contributed by atoms with Gasteiger partial charge in [-0.1, -0.05) is 11.6 Å². The Hall–Kier alpha value is -1.36. The maximum Gasteiger partial charge on any atom is 0.334 e. The number of hydrogen-bond donors (Lipinski definition) is 1. The predicted molar refractivity (Wildman–Crippen MR) is 74.8 cm³/mol. The van der Waals surface area contributed by atoms with Crippen LogP contribution in [0.3, 0.4) is 0 Å². The van der Waals surface area contributed by atoms with E-state index in [1.54, 1.807) is 0 Å². The number of piperidine rings is 1. The third-order valence-electron chi connectivity index (χ3n) is 3.46. The van der Waals surface area contributed by atoms with Crippen LogP contribution in [0.25, 0.3) is 0 Å². The minimum absolute atomic E-state index is 0.118. The molecule has 108 valence electrons. The first-order valence-corrected chi connectivity index (χ1v) is 7.29. The SMILES string of the molecule is COC(=O)C(O)C1CCN(c2snc(Cl)c2C#N)CC1. The van der Waals surface area contributed by atoms with Gasteiger partial charge in [0.2, 0.25) is 0 Å². The van der Waals surface area contributed by atoms with Gasteiger partial charge in [0.15, 0.2) is 11.3 Å². The zero-order valence-electron chi connectivity index (χ0n) is 10.9. The van der Waals surface area contributed by atoms with Gasteiger partial charge in [-0.05, 0) is 30.3 Å². The molecule has 2 heterocycles. The normalized spacial score (nSPS) is 17.6. The van der Waals surface area contributed by atoms with Gasteiger partial charge < -0.3 is 14.7 Å². The molecular formula is C12H14ClN3O3S. The molecule has 0 aliphatic carbocycles. The van der Waals surface area contributed by atoms with Gasteiger partial charge in [0.25, 0.3) is 0 Å². The molecule has 1 aromatic heterocycles. The average Bonchev–Trinajstić information content (AvgIpc) is 2.86. The predicted octanol–water partition coefficient (Wildman–Crippen LogP) is 1.42. The topological polar surface area (TPSA) is 86.5 Å². The van der Waals surface area contributed by atoms with E-state index in [2.05, 4.69) is 15.2 Å². The van der Waals surface area contributed by atoms with E-state index in [1.807, 2.05) is 4.90 Å². The van der Waals surface area contributed by atoms with Crippen molar-refractivity contribution in [1.29, 1.82) is 5.26 Å². The summed E-state index contributed by atoms with van der Waals surface area (Å²) >= 11 is 7.05. The van der Waals surface area contributed by atoms with Crippen molar-refractivity contribution in [1.82, 2.24) is 4.37 Å². The Bertz CT molecular complexity index is 535. The van der Waals surface area contributed by atoms with Gasteiger partial charge in [-0.25, -0.2) is 4.79 Å². The number of nitrogens with zero attached hydrogens (tertiary/aromatic N) is 3. The number of anilines is 1. The Labute approximate surface area is 125 Å². The lowest BCUT2D eigenvalue weighted by molar-refractivity contribution is -0.153. The largest absolute Gasteiger partial charge is 0.467 e. The maximum atomic E-state index is 11.3. The number of aliphatic hydroxyl groups excluding tert-OH is 1. The molecule has 1 atom stereocenters. The molecule has 8 heteroatoms. The molecule has 0 bridgehead atoms. The molecule has 0 aromatic carbocycles. The van der Waals surface area contributed by atoms with Crippen molar-refractivity contribution in [2.75, 3.05) is 25.1 Å². The molecule has 0 saturated carbocycles. The number of rotatable bonds is 3. The highest BCUT2D eigenvalue weighted by Crippen LogP contribution is 2.34. The van der Waals surface area contributed by atoms with Gasteiger partial charge >= 0.3 is 5.97 Å². The van der Waals surface area contributed by atoms with Crippen LogP contribution >= 0.6 is 23.1 Å². The van der Waals surface area contributed by atoms with Gasteiger partial charge in [0.1, 0.15) is 16.6 Å². The van der Waals surface area contributed by atoms with E-state index >= 15 is 0 Å². The first kappa shape index (κ1) is 15.0. The quantitative estimate of drug-likeness (QED) is 0.849. The zero-order valence-corrected chi connectivity index (χ0v) is 12.4. The van der Waals surface area contributed by atoms with E-state index in [4.69, 9.17) is 16.9 Å². The second-order valence-corrected chi connectivity index (χ2v) is 5.67. The van der Waals surface area contributed by atoms with E-state index in [9.17, 15) is 9.90 Å². The van der Waals surface area contributed by atoms with E-state index < -0.39 is 12.1 Å². The fourth-order valence-electron chi connectivity index (χ4n) is 2.30. The highest BCUT2D eigenvalue weighted by atomic mass is 35.5. The number of carbonyl (C=O) groups excluding carboxylic acids is 1. The molecule has 0 radical (unpaired) electrons. The molecule has 1 unspecified atom stereocenters. The van der Waals surface area contributed by atoms with Crippen LogP contribution in [0.1, 0.15) is 18.4 Å². The van der Waals surface area contributed by atoms with Crippen LogP contribution in [0, 0.1) is 17.2 Å². The lowest BCUT2D eigenvalue weighted by Crippen LogP contribution is -2.40. The average molecular weight is 316 g/mol. The van der Waals surface area contributed by atoms with Crippen molar-refractivity contribution in [3.05, 3.63) is 10.7 Å². The van der Waals surface area contributed by atoms with E-state index in [1.165, 1.54) is 18.6 Å². The summed E-state index contributed by atoms with van der Waals surface area (Å²) in [7, 11) is 1.26. The molecule has 2 rings (SSSR count). The number of ether oxygens (including phenoxy) is 1. The van der Waals surface area contributed by atoms with Crippen molar-refractivity contribution >= 4 is 34.1 Å². The van der Waals surface area contributed by atoms with E-state index in [0.717, 1.165) is 5.00 Å². The second kappa shape index (κ2) is 6.39. The fourth-order valence-corrected chi connectivity index (χ4v) is 3.38. The maximum absolute atomic E-state index is 11.3. The fraction of sp³-hybridized carbons (Fsp3) is 0.583. The van der Waals surface area contributed by atoms with Gasteiger partial charge in [-0.15, -0.1) is 0 Å².